The highest BCUT2D eigenvalue weighted by Crippen LogP contribution is 2.26. The Morgan fingerprint density at radius 1 is 0.526 bits per heavy atom. The summed E-state index contributed by atoms with van der Waals surface area (Å²) in [5.74, 6) is -1.30. The number of ether oxygens (including phenoxy) is 3. The highest BCUT2D eigenvalue weighted by molar-refractivity contribution is 5.80. The molecule has 1 aliphatic rings. The Morgan fingerprint density at radius 3 is 1.51 bits per heavy atom. The van der Waals surface area contributed by atoms with Gasteiger partial charge in [0.15, 0.2) is 12.4 Å². The van der Waals surface area contributed by atoms with Crippen molar-refractivity contribution in [3.8, 4) is 0 Å². The van der Waals surface area contributed by atoms with E-state index in [0.29, 0.717) is 12.8 Å². The van der Waals surface area contributed by atoms with E-state index in [2.05, 4.69) is 105 Å². The number of aliphatic hydroxyl groups is 5. The summed E-state index contributed by atoms with van der Waals surface area (Å²) in [6.45, 7) is 5.44. The van der Waals surface area contributed by atoms with Crippen LogP contribution in [0, 0.1) is 0 Å². The summed E-state index contributed by atoms with van der Waals surface area (Å²) < 4.78 is 17.5. The van der Waals surface area contributed by atoms with E-state index in [-0.39, 0.29) is 19.4 Å². The van der Waals surface area contributed by atoms with Gasteiger partial charge in [0.1, 0.15) is 24.4 Å². The van der Waals surface area contributed by atoms with E-state index in [0.717, 1.165) is 109 Å². The van der Waals surface area contributed by atoms with Gasteiger partial charge in [-0.15, -0.1) is 0 Å². The van der Waals surface area contributed by atoms with Gasteiger partial charge in [-0.3, -0.25) is 9.59 Å². The molecular formula is C67H107NO10. The van der Waals surface area contributed by atoms with Crippen LogP contribution in [0.2, 0.25) is 0 Å². The van der Waals surface area contributed by atoms with E-state index < -0.39 is 67.4 Å². The Balaban J connectivity index is 2.68. The molecule has 0 saturated carbocycles. The topological polar surface area (TPSA) is 175 Å². The van der Waals surface area contributed by atoms with Crippen molar-refractivity contribution < 1.29 is 49.3 Å². The van der Waals surface area contributed by atoms with Crippen molar-refractivity contribution >= 4 is 11.9 Å². The lowest BCUT2D eigenvalue weighted by molar-refractivity contribution is -0.305. The molecule has 0 aromatic rings. The van der Waals surface area contributed by atoms with Crippen molar-refractivity contribution in [2.75, 3.05) is 13.2 Å². The minimum Gasteiger partial charge on any atom is -0.454 e. The second-order valence-corrected chi connectivity index (χ2v) is 20.1. The highest BCUT2D eigenvalue weighted by Gasteiger charge is 2.47. The van der Waals surface area contributed by atoms with Gasteiger partial charge in [-0.1, -0.05) is 250 Å². The number of hydrogen-bond acceptors (Lipinski definition) is 10. The van der Waals surface area contributed by atoms with Crippen LogP contribution < -0.4 is 5.32 Å². The predicted molar refractivity (Wildman–Crippen MR) is 324 cm³/mol. The fraction of sp³-hybridized carbons (Fsp3) is 0.612. The van der Waals surface area contributed by atoms with Gasteiger partial charge < -0.3 is 45.1 Å². The van der Waals surface area contributed by atoms with Crippen LogP contribution in [-0.4, -0.2) is 99.6 Å². The molecule has 78 heavy (non-hydrogen) atoms. The maximum absolute atomic E-state index is 13.3. The van der Waals surface area contributed by atoms with Crippen LogP contribution in [0.15, 0.2) is 146 Å². The normalized spacial score (nSPS) is 20.0. The molecule has 1 heterocycles. The van der Waals surface area contributed by atoms with Crippen molar-refractivity contribution in [2.24, 2.45) is 0 Å². The van der Waals surface area contributed by atoms with Gasteiger partial charge in [-0.25, -0.2) is 0 Å². The molecular weight excluding hydrogens is 979 g/mol. The molecule has 8 unspecified atom stereocenters. The summed E-state index contributed by atoms with van der Waals surface area (Å²) in [7, 11) is 0. The fourth-order valence-electron chi connectivity index (χ4n) is 8.39. The van der Waals surface area contributed by atoms with E-state index >= 15 is 0 Å². The molecule has 1 fully saturated rings. The smallest absolute Gasteiger partial charge is 0.306 e. The number of carbonyl (C=O) groups is 2. The lowest BCUT2D eigenvalue weighted by Crippen LogP contribution is -2.61. The molecule has 8 atom stereocenters. The lowest BCUT2D eigenvalue weighted by atomic mass is 9.99. The van der Waals surface area contributed by atoms with Gasteiger partial charge in [0.2, 0.25) is 5.91 Å². The lowest BCUT2D eigenvalue weighted by Gasteiger charge is -2.41. The Morgan fingerprint density at radius 2 is 0.987 bits per heavy atom. The minimum atomic E-state index is -1.64. The average molecular weight is 1090 g/mol. The van der Waals surface area contributed by atoms with Crippen LogP contribution in [0.25, 0.3) is 0 Å². The average Bonchev–Trinajstić information content (AvgIpc) is 3.44. The SMILES string of the molecule is CC/C=C\C/C=C\C/C=C\C/C=C\C/C=C\C/C=C\CCCCCCCCC(=O)OC1C(OCC(NC(=O)C(O)CC/C=C/C=C\C=C/C=C/C=C/CC)C(O)/C=C/CCCCCCCCCCCC)OC(CO)C(O)C1O. The zero-order valence-electron chi connectivity index (χ0n) is 48.5. The van der Waals surface area contributed by atoms with Crippen molar-refractivity contribution in [1.82, 2.24) is 5.32 Å². The molecule has 11 heteroatoms. The van der Waals surface area contributed by atoms with Crippen LogP contribution >= 0.6 is 0 Å². The van der Waals surface area contributed by atoms with Crippen molar-refractivity contribution in [1.29, 1.82) is 0 Å². The predicted octanol–water partition coefficient (Wildman–Crippen LogP) is 14.2. The van der Waals surface area contributed by atoms with E-state index in [1.807, 2.05) is 60.8 Å². The third-order valence-electron chi connectivity index (χ3n) is 13.1. The number of esters is 1. The summed E-state index contributed by atoms with van der Waals surface area (Å²) in [6.07, 6.45) is 66.2. The summed E-state index contributed by atoms with van der Waals surface area (Å²) >= 11 is 0. The number of unbranched alkanes of at least 4 members (excludes halogenated alkanes) is 16. The zero-order valence-corrected chi connectivity index (χ0v) is 48.5. The van der Waals surface area contributed by atoms with Crippen LogP contribution in [0.3, 0.4) is 0 Å². The zero-order chi connectivity index (χ0) is 56.8. The molecule has 6 N–H and O–H groups in total. The maximum Gasteiger partial charge on any atom is 0.306 e. The molecule has 0 aromatic heterocycles. The first kappa shape index (κ1) is 71.6. The Hall–Kier alpha value is -4.46. The summed E-state index contributed by atoms with van der Waals surface area (Å²) in [5, 5.41) is 56.7. The quantitative estimate of drug-likeness (QED) is 0.0149. The summed E-state index contributed by atoms with van der Waals surface area (Å²) in [6, 6.07) is -1.07. The van der Waals surface area contributed by atoms with Crippen molar-refractivity contribution in [2.45, 2.75) is 250 Å². The van der Waals surface area contributed by atoms with E-state index in [1.165, 1.54) is 44.9 Å². The molecule has 1 aliphatic heterocycles. The summed E-state index contributed by atoms with van der Waals surface area (Å²) in [5.41, 5.74) is 0. The van der Waals surface area contributed by atoms with E-state index in [4.69, 9.17) is 14.2 Å². The first-order valence-electron chi connectivity index (χ1n) is 30.2. The number of allylic oxidation sites excluding steroid dienone is 23. The molecule has 0 spiro atoms. The van der Waals surface area contributed by atoms with Crippen LogP contribution in [0.5, 0.6) is 0 Å². The minimum absolute atomic E-state index is 0.0877. The Labute approximate surface area is 473 Å². The number of aliphatic hydroxyl groups excluding tert-OH is 5. The molecule has 11 nitrogen and oxygen atoms in total. The first-order chi connectivity index (χ1) is 38.2. The van der Waals surface area contributed by atoms with Crippen LogP contribution in [-0.2, 0) is 23.8 Å². The number of hydrogen-bond donors (Lipinski definition) is 6. The van der Waals surface area contributed by atoms with E-state index in [1.54, 1.807) is 6.08 Å². The van der Waals surface area contributed by atoms with Gasteiger partial charge in [0, 0.05) is 6.42 Å². The van der Waals surface area contributed by atoms with E-state index in [9.17, 15) is 35.1 Å². The molecule has 440 valence electrons. The maximum atomic E-state index is 13.3. The Kier molecular flexibility index (Phi) is 48.8. The Bertz CT molecular complexity index is 1820. The first-order valence-corrected chi connectivity index (χ1v) is 30.2. The monoisotopic (exact) mass is 1090 g/mol. The van der Waals surface area contributed by atoms with Gasteiger partial charge in [-0.2, -0.15) is 0 Å². The third kappa shape index (κ3) is 40.7. The largest absolute Gasteiger partial charge is 0.454 e. The molecule has 0 radical (unpaired) electrons. The summed E-state index contributed by atoms with van der Waals surface area (Å²) in [4.78, 5) is 26.5. The van der Waals surface area contributed by atoms with Gasteiger partial charge in [-0.05, 0) is 89.9 Å². The molecule has 0 bridgehead atoms. The second-order valence-electron chi connectivity index (χ2n) is 20.1. The standard InChI is InChI=1S/C67H107NO10/c1-4-7-10-13-16-19-22-25-26-27-28-29-30-31-32-33-34-35-36-37-40-43-46-49-52-55-62(72)78-65-64(74)63(73)61(56-69)77-67(65)76-57-58(59(70)53-50-47-44-41-38-23-20-17-14-11-8-5-2)68-66(75)60(71)54-51-48-45-42-39-24-21-18-15-12-9-6-3/h7,9-10,12,15-16,18-19,21,24-26,28-29,31-32,34-35,39,42,45,48,50,53,58-61,63-65,67,69-71,73-74H,4-6,8,11,13-14,17,20,22-23,27,30,33,36-38,40-41,43-44,46-47,49,51-52,54-57H2,1-3H3,(H,68,75)/b10-7-,12-9+,18-15+,19-16-,24-21-,26-25-,29-28-,32-31-,35-34-,42-39-,48-45+,53-50+. The van der Waals surface area contributed by atoms with Gasteiger partial charge >= 0.3 is 5.97 Å². The van der Waals surface area contributed by atoms with Crippen molar-refractivity contribution in [3.63, 3.8) is 0 Å². The molecule has 0 aromatic carbocycles. The fourth-order valence-corrected chi connectivity index (χ4v) is 8.39. The van der Waals surface area contributed by atoms with Crippen molar-refractivity contribution in [3.05, 3.63) is 146 Å². The number of amides is 1. The van der Waals surface area contributed by atoms with Gasteiger partial charge in [0.25, 0.3) is 0 Å². The second kappa shape index (κ2) is 53.2. The van der Waals surface area contributed by atoms with Crippen LogP contribution in [0.4, 0.5) is 0 Å². The van der Waals surface area contributed by atoms with Gasteiger partial charge in [0.05, 0.1) is 25.4 Å². The molecule has 1 amide bonds. The third-order valence-corrected chi connectivity index (χ3v) is 13.1. The molecule has 1 saturated heterocycles. The number of rotatable bonds is 48. The van der Waals surface area contributed by atoms with Crippen LogP contribution in [0.1, 0.15) is 201 Å². The number of carbonyl (C=O) groups excluding carboxylic acids is 2. The molecule has 0 aliphatic carbocycles. The highest BCUT2D eigenvalue weighted by atomic mass is 16.7. The molecule has 1 rings (SSSR count). The number of nitrogens with one attached hydrogen (secondary N) is 1.